The van der Waals surface area contributed by atoms with Gasteiger partial charge in [0.2, 0.25) is 0 Å². The number of nitrogens with one attached hydrogen (secondary N) is 3. The SMILES string of the molecule is C.CC(I)(I)I.CN1CCC(N)CC1.CN1CCNCC1.COC(=O)c1ccc2c(c1)c(C)nn2C.COC(=O)c1ccc2c(c1)c(N1CCN(C)CC1)nn2C.COC(=O)c1ccc2c(c1)c(NC1CCN(C)CC1)nn2C.COC(=O)c1ccc2n[nH]c(C)c2c1.C[CH-]I.[CH2-]C.[CH3-].[I][V]([I])[I].[V].[V]. The summed E-state index contributed by atoms with van der Waals surface area (Å²) in [6, 6.07) is 22.7. The molecule has 8 heterocycles. The van der Waals surface area contributed by atoms with Crippen LogP contribution in [0.15, 0.2) is 72.8 Å². The molecule has 8 aromatic rings. The molecule has 4 aromatic carbocycles. The van der Waals surface area contributed by atoms with Crippen LogP contribution < -0.4 is 21.3 Å². The standard InChI is InChI=1S/C16H22N4O2.C15H20N4O2.C11H12N2O2.C10H10N2O2.C6H14N2.C5H12N2.C2H3I3.C2H4I.C2H5.CH4.CH3.3HI.3V/c1-19-8-6-12(7-9-19)17-15-13-10-11(16(21)22-3)4-5-14(13)20(2)18-15;1-17-6-8-19(9-7-17)14-12-10-11(15(20)21-3)4-5-13(12)18(2)16-14;1-7-9-6-8(11(14)15-3)4-5-10(9)13(2)12-7;1-6-8-5-7(10(13)14-2)3-4-9(8)12-11-6;1-8-4-2-6(7)3-5-8;1-7-4-2-6-3-5-7;1-2(3,4)5;1-2-3;1-2;;;;;;;;/h4-5,10,12H,6-9H2,1-3H3,(H,17,18);4-5,10H,6-9H2,1-3H3;4-6H,1-3H3;3-5H,1-2H3,(H,11,12);6H,2-5,7H2,1H3;6H,2-5H2,1H3;1H3;2H,1H3;1H2,2H3;1H4;1H3;3*1H;;;/q;;;;;;;2*-1;;-1;;;;;;+3/p-3. The third-order valence-electron chi connectivity index (χ3n) is 16.1. The second-order valence-corrected chi connectivity index (χ2v) is 73.0. The van der Waals surface area contributed by atoms with Crippen LogP contribution in [0.3, 0.4) is 0 Å². The van der Waals surface area contributed by atoms with Crippen molar-refractivity contribution >= 4 is 229 Å². The number of aromatic amines is 1. The number of H-pyrrole nitrogens is 1. The van der Waals surface area contributed by atoms with Crippen LogP contribution in [0, 0.1) is 32.6 Å². The number of ether oxygens (including phenoxy) is 4. The van der Waals surface area contributed by atoms with Gasteiger partial charge in [0, 0.05) is 150 Å². The average molecular weight is 2360 g/mol. The summed E-state index contributed by atoms with van der Waals surface area (Å²) >= 11 is 16.6. The van der Waals surface area contributed by atoms with Crippen molar-refractivity contribution in [3.63, 3.8) is 0 Å². The maximum atomic E-state index is 11.7. The topological polar surface area (TPSA) is 254 Å². The Labute approximate surface area is 740 Å². The molecule has 0 unspecified atom stereocenters. The Kier molecular flexibility index (Phi) is 56.6. The quantitative estimate of drug-likeness (QED) is 0.0380. The molecule has 12 rings (SSSR count). The summed E-state index contributed by atoms with van der Waals surface area (Å²) in [5.74, 6) is 0.512. The number of likely N-dealkylation sites (tertiary alicyclic amines) is 2. The van der Waals surface area contributed by atoms with Gasteiger partial charge in [0.15, 0.2) is 11.6 Å². The molecule has 0 aliphatic carbocycles. The Bertz CT molecular complexity index is 3780. The number of esters is 4. The van der Waals surface area contributed by atoms with Crippen LogP contribution in [-0.2, 0) is 82.1 Å². The molecular weight excluding hydrogens is 2250 g/mol. The number of nitrogens with two attached hydrogens (primary N) is 1. The Balaban J connectivity index is 0. The van der Waals surface area contributed by atoms with Crippen LogP contribution in [0.1, 0.15) is 107 Å². The van der Waals surface area contributed by atoms with Crippen molar-refractivity contribution in [1.82, 2.24) is 64.5 Å². The largest absolute Gasteiger partial charge is 0 e. The molecule has 0 saturated carbocycles. The van der Waals surface area contributed by atoms with Gasteiger partial charge in [-0.25, -0.2) is 19.2 Å². The van der Waals surface area contributed by atoms with E-state index in [0.29, 0.717) is 33.8 Å². The van der Waals surface area contributed by atoms with Gasteiger partial charge in [-0.2, -0.15) is 34.2 Å². The van der Waals surface area contributed by atoms with Crippen molar-refractivity contribution in [2.24, 2.45) is 26.9 Å². The molecule has 4 saturated heterocycles. The number of aryl methyl sites for hydroxylation is 5. The number of piperidine rings is 2. The number of rotatable bonds is 7. The van der Waals surface area contributed by atoms with Crippen LogP contribution >= 0.6 is 150 Å². The Morgan fingerprint density at radius 1 is 0.571 bits per heavy atom. The molecule has 105 heavy (non-hydrogen) atoms. The van der Waals surface area contributed by atoms with Crippen molar-refractivity contribution in [3.05, 3.63) is 125 Å². The van der Waals surface area contributed by atoms with E-state index in [-0.39, 0.29) is 80.8 Å². The summed E-state index contributed by atoms with van der Waals surface area (Å²) in [7, 11) is 19.8. The first-order valence-electron chi connectivity index (χ1n) is 32.7. The molecule has 4 aliphatic rings. The maximum absolute atomic E-state index is 11.7. The predicted molar refractivity (Wildman–Crippen MR) is 483 cm³/mol. The number of aromatic nitrogens is 8. The van der Waals surface area contributed by atoms with E-state index in [0.717, 1.165) is 132 Å². The van der Waals surface area contributed by atoms with E-state index in [9.17, 15) is 19.2 Å². The molecule has 24 nitrogen and oxygen atoms in total. The van der Waals surface area contributed by atoms with Crippen LogP contribution in [0.5, 0.6) is 0 Å². The number of anilines is 2. The number of benzene rings is 4. The van der Waals surface area contributed by atoms with Crippen LogP contribution in [-0.4, -0.2) is 230 Å². The van der Waals surface area contributed by atoms with E-state index < -0.39 is 0 Å². The number of halogens is 7. The molecule has 0 bridgehead atoms. The van der Waals surface area contributed by atoms with Gasteiger partial charge in [-0.15, -0.1) is 0 Å². The fraction of sp³-hybridized carbons (Fsp3) is 0.507. The normalized spacial score (nSPS) is 14.6. The van der Waals surface area contributed by atoms with Crippen molar-refractivity contribution in [1.29, 1.82) is 0 Å². The molecule has 0 spiro atoms. The van der Waals surface area contributed by atoms with Crippen molar-refractivity contribution in [3.8, 4) is 0 Å². The van der Waals surface area contributed by atoms with Gasteiger partial charge < -0.3 is 96.8 Å². The van der Waals surface area contributed by atoms with Gasteiger partial charge in [0.25, 0.3) is 0 Å². The molecule has 588 valence electrons. The van der Waals surface area contributed by atoms with E-state index in [4.69, 9.17) is 15.2 Å². The summed E-state index contributed by atoms with van der Waals surface area (Å²) in [5, 5.41) is 31.1. The predicted octanol–water partition coefficient (Wildman–Crippen LogP) is 15.0. The number of likely N-dealkylation sites (N-methyl/N-ethyl adjacent to an activating group) is 2. The zero-order chi connectivity index (χ0) is 75.7. The van der Waals surface area contributed by atoms with Gasteiger partial charge in [0.05, 0.1) is 78.5 Å². The fourth-order valence-corrected chi connectivity index (χ4v) is 10.6. The van der Waals surface area contributed by atoms with E-state index >= 15 is 0 Å². The minimum absolute atomic E-state index is 0. The van der Waals surface area contributed by atoms with Gasteiger partial charge in [0.1, 0.15) is -0.565 Å². The van der Waals surface area contributed by atoms with Gasteiger partial charge in [-0.05, 0) is 174 Å². The summed E-state index contributed by atoms with van der Waals surface area (Å²) in [5.41, 5.74) is 13.6. The molecule has 4 aliphatic heterocycles. The van der Waals surface area contributed by atoms with Gasteiger partial charge >= 0.3 is 88.7 Å². The maximum Gasteiger partial charge on any atom is 0 e. The number of fused-ring (bicyclic) bond motifs is 4. The van der Waals surface area contributed by atoms with Crippen LogP contribution in [0.25, 0.3) is 43.6 Å². The van der Waals surface area contributed by atoms with Crippen molar-refractivity contribution < 1.29 is 80.2 Å². The number of hydrogen-bond acceptors (Lipinski definition) is 20. The minimum atomic E-state index is -0.326. The van der Waals surface area contributed by atoms with Crippen LogP contribution in [0.4, 0.5) is 11.6 Å². The molecule has 34 heteroatoms. The summed E-state index contributed by atoms with van der Waals surface area (Å²) in [4.78, 5) is 57.3. The first-order valence-corrected chi connectivity index (χ1v) is 50.7. The molecule has 4 aromatic heterocycles. The first-order chi connectivity index (χ1) is 47.9. The molecular formula is C71H109I7N16O8V3-3. The summed E-state index contributed by atoms with van der Waals surface area (Å²) < 4.78 is 26.8. The second-order valence-electron chi connectivity index (χ2n) is 23.8. The molecule has 2 radical (unpaired) electrons. The number of alkyl halides is 3. The number of hydrogen-bond donors (Lipinski definition) is 4. The third kappa shape index (κ3) is 38.0. The number of methoxy groups -OCH3 is 4. The van der Waals surface area contributed by atoms with E-state index in [1.807, 2.05) is 92.1 Å². The Morgan fingerprint density at radius 3 is 1.32 bits per heavy atom. The fourth-order valence-electron chi connectivity index (χ4n) is 10.6. The Morgan fingerprint density at radius 2 is 0.914 bits per heavy atom. The zero-order valence-electron chi connectivity index (χ0n) is 62.9. The third-order valence-corrected chi connectivity index (χ3v) is 16.1. The molecule has 0 amide bonds. The molecule has 4 fully saturated rings. The second kappa shape index (κ2) is 56.2. The summed E-state index contributed by atoms with van der Waals surface area (Å²) in [6.45, 7) is 26.2. The smallest absolute Gasteiger partial charge is 0 e. The van der Waals surface area contributed by atoms with Crippen LogP contribution in [0.2, 0.25) is 0 Å². The monoisotopic (exact) mass is 2360 g/mol. The minimum Gasteiger partial charge on any atom is 0 e. The summed E-state index contributed by atoms with van der Waals surface area (Å²) in [6.07, 6.45) is 4.56. The number of piperazine rings is 2. The van der Waals surface area contributed by atoms with E-state index in [1.54, 1.807) is 48.0 Å². The number of nitrogens with zero attached hydrogens (tertiary/aromatic N) is 12. The average Bonchev–Trinajstić information content (AvgIpc) is 1.62. The number of carbonyl (C=O) groups excluding carboxylic acids is 4. The van der Waals surface area contributed by atoms with Gasteiger partial charge in [-0.3, -0.25) is 23.6 Å². The molecule has 0 atom stereocenters. The Hall–Kier alpha value is -1.14. The van der Waals surface area contributed by atoms with Crippen molar-refractivity contribution in [2.45, 2.75) is 79.2 Å². The van der Waals surface area contributed by atoms with Crippen molar-refractivity contribution in [2.75, 3.05) is 145 Å². The molecule has 5 N–H and O–H groups in total. The van der Waals surface area contributed by atoms with Gasteiger partial charge in [-0.1, -0.05) is 75.2 Å². The van der Waals surface area contributed by atoms with E-state index in [1.165, 1.54) is 67.5 Å². The zero-order valence-corrected chi connectivity index (χ0v) is 82.2. The van der Waals surface area contributed by atoms with E-state index in [2.05, 4.69) is 262 Å². The first kappa shape index (κ1) is 106. The number of carbonyl (C=O) groups is 4.